The predicted molar refractivity (Wildman–Crippen MR) is 138 cm³/mol. The predicted octanol–water partition coefficient (Wildman–Crippen LogP) is 8.09. The highest BCUT2D eigenvalue weighted by molar-refractivity contribution is 5.88. The van der Waals surface area contributed by atoms with Crippen LogP contribution in [0.4, 0.5) is 9.59 Å². The van der Waals surface area contributed by atoms with Gasteiger partial charge in [0, 0.05) is 18.9 Å². The van der Waals surface area contributed by atoms with Crippen LogP contribution in [0.5, 0.6) is 0 Å². The minimum Gasteiger partial charge on any atom is -0.443 e. The zero-order chi connectivity index (χ0) is 25.5. The van der Waals surface area contributed by atoms with Crippen LogP contribution in [0, 0.1) is 0 Å². The molecule has 0 saturated heterocycles. The minimum absolute atomic E-state index is 0.322. The summed E-state index contributed by atoms with van der Waals surface area (Å²) in [4.78, 5) is 30.2. The Kier molecular flexibility index (Phi) is 13.8. The molecule has 2 amide bonds. The summed E-state index contributed by atoms with van der Waals surface area (Å²) in [6.45, 7) is 11.1. The SMILES string of the molecule is CC(C)(C)OC(=O)N(CCCCCCCCCCCCCc1cccnc1)C(=O)OC(C)(C)C. The molecule has 0 aromatic carbocycles. The van der Waals surface area contributed by atoms with Crippen molar-refractivity contribution in [3.63, 3.8) is 0 Å². The highest BCUT2D eigenvalue weighted by Gasteiger charge is 2.30. The van der Waals surface area contributed by atoms with Crippen molar-refractivity contribution in [2.24, 2.45) is 0 Å². The highest BCUT2D eigenvalue weighted by atomic mass is 16.6. The molecule has 0 fully saturated rings. The first-order valence-electron chi connectivity index (χ1n) is 13.1. The van der Waals surface area contributed by atoms with E-state index in [-0.39, 0.29) is 0 Å². The Balaban J connectivity index is 2.12. The normalized spacial score (nSPS) is 11.8. The molecule has 1 rings (SSSR count). The minimum atomic E-state index is -0.656. The molecule has 0 spiro atoms. The lowest BCUT2D eigenvalue weighted by atomic mass is 10.0. The van der Waals surface area contributed by atoms with Crippen LogP contribution in [0.15, 0.2) is 24.5 Å². The monoisotopic (exact) mass is 476 g/mol. The fraction of sp³-hybridized carbons (Fsp3) is 0.750. The molecule has 0 radical (unpaired) electrons. The molecule has 0 bridgehead atoms. The Bertz CT molecular complexity index is 665. The first-order chi connectivity index (χ1) is 16.0. The van der Waals surface area contributed by atoms with Gasteiger partial charge in [-0.2, -0.15) is 0 Å². The van der Waals surface area contributed by atoms with Crippen LogP contribution in [-0.4, -0.2) is 39.8 Å². The fourth-order valence-corrected chi connectivity index (χ4v) is 3.63. The topological polar surface area (TPSA) is 68.7 Å². The molecule has 0 atom stereocenters. The average molecular weight is 477 g/mol. The number of unbranched alkanes of at least 4 members (excludes halogenated alkanes) is 10. The van der Waals surface area contributed by atoms with Gasteiger partial charge in [0.2, 0.25) is 0 Å². The molecule has 0 aliphatic rings. The van der Waals surface area contributed by atoms with Gasteiger partial charge in [0.1, 0.15) is 11.2 Å². The van der Waals surface area contributed by atoms with E-state index in [2.05, 4.69) is 11.1 Å². The van der Waals surface area contributed by atoms with Crippen LogP contribution in [0.2, 0.25) is 0 Å². The van der Waals surface area contributed by atoms with Crippen molar-refractivity contribution in [3.8, 4) is 0 Å². The summed E-state index contributed by atoms with van der Waals surface area (Å²) in [7, 11) is 0. The van der Waals surface area contributed by atoms with Gasteiger partial charge in [0.05, 0.1) is 0 Å². The summed E-state index contributed by atoms with van der Waals surface area (Å²) in [5, 5.41) is 0. The number of hydrogen-bond donors (Lipinski definition) is 0. The molecule has 0 saturated carbocycles. The van der Waals surface area contributed by atoms with E-state index in [0.717, 1.165) is 30.6 Å². The van der Waals surface area contributed by atoms with Crippen molar-refractivity contribution in [3.05, 3.63) is 30.1 Å². The third-order valence-electron chi connectivity index (χ3n) is 5.30. The molecule has 0 aliphatic heterocycles. The Morgan fingerprint density at radius 3 is 1.59 bits per heavy atom. The maximum atomic E-state index is 12.5. The first-order valence-corrected chi connectivity index (χ1v) is 13.1. The zero-order valence-corrected chi connectivity index (χ0v) is 22.5. The standard InChI is InChI=1S/C28H48N2O4/c1-27(2,3)33-25(31)30(26(32)34-28(4,5)6)22-17-15-13-11-9-7-8-10-12-14-16-19-24-20-18-21-29-23-24/h18,20-21,23H,7-17,19,22H2,1-6H3. The zero-order valence-electron chi connectivity index (χ0n) is 22.5. The van der Waals surface area contributed by atoms with E-state index in [4.69, 9.17) is 9.47 Å². The summed E-state index contributed by atoms with van der Waals surface area (Å²) in [5.74, 6) is 0. The largest absolute Gasteiger partial charge is 0.443 e. The van der Waals surface area contributed by atoms with Crippen LogP contribution in [0.3, 0.4) is 0 Å². The number of carbonyl (C=O) groups is 2. The van der Waals surface area contributed by atoms with E-state index in [0.29, 0.717) is 6.54 Å². The summed E-state index contributed by atoms with van der Waals surface area (Å²) in [5.41, 5.74) is 0.0239. The van der Waals surface area contributed by atoms with Crippen LogP contribution in [0.25, 0.3) is 0 Å². The number of rotatable bonds is 14. The van der Waals surface area contributed by atoms with Crippen molar-refractivity contribution in [2.75, 3.05) is 6.54 Å². The molecule has 1 heterocycles. The van der Waals surface area contributed by atoms with Gasteiger partial charge in [-0.3, -0.25) is 4.98 Å². The van der Waals surface area contributed by atoms with Crippen molar-refractivity contribution in [1.29, 1.82) is 0 Å². The molecular weight excluding hydrogens is 428 g/mol. The van der Waals surface area contributed by atoms with Crippen molar-refractivity contribution in [1.82, 2.24) is 9.88 Å². The van der Waals surface area contributed by atoms with Gasteiger partial charge in [-0.05, 0) is 72.4 Å². The molecule has 194 valence electrons. The summed E-state index contributed by atoms with van der Waals surface area (Å²) < 4.78 is 10.8. The third kappa shape index (κ3) is 15.7. The molecule has 34 heavy (non-hydrogen) atoms. The summed E-state index contributed by atoms with van der Waals surface area (Å²) >= 11 is 0. The fourth-order valence-electron chi connectivity index (χ4n) is 3.63. The van der Waals surface area contributed by atoms with Crippen LogP contribution < -0.4 is 0 Å². The van der Waals surface area contributed by atoms with Gasteiger partial charge in [-0.1, -0.05) is 63.9 Å². The van der Waals surface area contributed by atoms with E-state index in [1.165, 1.54) is 56.9 Å². The molecular formula is C28H48N2O4. The number of amides is 2. The second kappa shape index (κ2) is 15.7. The van der Waals surface area contributed by atoms with E-state index >= 15 is 0 Å². The number of aromatic nitrogens is 1. The van der Waals surface area contributed by atoms with E-state index in [9.17, 15) is 9.59 Å². The van der Waals surface area contributed by atoms with E-state index < -0.39 is 23.4 Å². The third-order valence-corrected chi connectivity index (χ3v) is 5.30. The number of ether oxygens (including phenoxy) is 2. The van der Waals surface area contributed by atoms with Gasteiger partial charge >= 0.3 is 12.2 Å². The number of hydrogen-bond acceptors (Lipinski definition) is 5. The Hall–Kier alpha value is -2.11. The molecule has 1 aromatic heterocycles. The van der Waals surface area contributed by atoms with E-state index in [1.807, 2.05) is 18.5 Å². The van der Waals surface area contributed by atoms with Crippen molar-refractivity contribution in [2.45, 2.75) is 130 Å². The molecule has 6 nitrogen and oxygen atoms in total. The van der Waals surface area contributed by atoms with Crippen LogP contribution in [-0.2, 0) is 15.9 Å². The van der Waals surface area contributed by atoms with Crippen molar-refractivity contribution >= 4 is 12.2 Å². The Morgan fingerprint density at radius 1 is 0.735 bits per heavy atom. The average Bonchev–Trinajstić information content (AvgIpc) is 2.72. The number of imide groups is 1. The van der Waals surface area contributed by atoms with E-state index in [1.54, 1.807) is 41.5 Å². The van der Waals surface area contributed by atoms with Crippen molar-refractivity contribution < 1.29 is 19.1 Å². The molecule has 0 aliphatic carbocycles. The van der Waals surface area contributed by atoms with Crippen LogP contribution >= 0.6 is 0 Å². The quantitative estimate of drug-likeness (QED) is 0.254. The molecule has 1 aromatic rings. The van der Waals surface area contributed by atoms with Gasteiger partial charge in [-0.15, -0.1) is 0 Å². The summed E-state index contributed by atoms with van der Waals surface area (Å²) in [6.07, 6.45) is 16.7. The first kappa shape index (κ1) is 29.9. The van der Waals surface area contributed by atoms with Gasteiger partial charge in [0.15, 0.2) is 0 Å². The molecule has 0 N–H and O–H groups in total. The smallest absolute Gasteiger partial charge is 0.419 e. The van der Waals surface area contributed by atoms with Gasteiger partial charge < -0.3 is 9.47 Å². The molecule has 0 unspecified atom stereocenters. The Labute approximate surface area is 207 Å². The number of carbonyl (C=O) groups excluding carboxylic acids is 2. The maximum absolute atomic E-state index is 12.5. The number of nitrogens with zero attached hydrogens (tertiary/aromatic N) is 2. The lowest BCUT2D eigenvalue weighted by Gasteiger charge is -2.28. The highest BCUT2D eigenvalue weighted by Crippen LogP contribution is 2.17. The second-order valence-electron chi connectivity index (χ2n) is 11.1. The summed E-state index contributed by atoms with van der Waals surface area (Å²) in [6, 6.07) is 4.16. The van der Waals surface area contributed by atoms with Gasteiger partial charge in [-0.25, -0.2) is 14.5 Å². The Morgan fingerprint density at radius 2 is 1.18 bits per heavy atom. The van der Waals surface area contributed by atoms with Gasteiger partial charge in [0.25, 0.3) is 0 Å². The number of pyridine rings is 1. The molecule has 6 heteroatoms. The number of aryl methyl sites for hydroxylation is 1. The second-order valence-corrected chi connectivity index (χ2v) is 11.1. The lowest BCUT2D eigenvalue weighted by molar-refractivity contribution is 0.00118. The van der Waals surface area contributed by atoms with Crippen LogP contribution in [0.1, 0.15) is 118 Å². The lowest BCUT2D eigenvalue weighted by Crippen LogP contribution is -2.44. The maximum Gasteiger partial charge on any atom is 0.419 e.